The molecule has 1 aromatic heterocycles. The van der Waals surface area contributed by atoms with Gasteiger partial charge in [0.2, 0.25) is 5.89 Å². The van der Waals surface area contributed by atoms with Crippen molar-refractivity contribution in [1.82, 2.24) is 15.0 Å². The molecule has 23 heavy (non-hydrogen) atoms. The van der Waals surface area contributed by atoms with Gasteiger partial charge in [0, 0.05) is 24.6 Å². The lowest BCUT2D eigenvalue weighted by atomic mass is 9.96. The summed E-state index contributed by atoms with van der Waals surface area (Å²) in [6.07, 6.45) is 5.24. The number of hydrogen-bond donors (Lipinski definition) is 0. The zero-order valence-corrected chi connectivity index (χ0v) is 13.4. The van der Waals surface area contributed by atoms with Gasteiger partial charge in [-0.05, 0) is 62.3 Å². The molecule has 1 aliphatic heterocycles. The molecular weight excluding hydrogens is 290 g/mol. The third-order valence-electron chi connectivity index (χ3n) is 5.02. The van der Waals surface area contributed by atoms with Gasteiger partial charge in [0.05, 0.1) is 0 Å². The van der Waals surface area contributed by atoms with Crippen molar-refractivity contribution in [2.45, 2.75) is 44.9 Å². The van der Waals surface area contributed by atoms with Crippen LogP contribution in [-0.2, 0) is 12.8 Å². The van der Waals surface area contributed by atoms with Crippen LogP contribution in [0, 0.1) is 6.92 Å². The van der Waals surface area contributed by atoms with Gasteiger partial charge in [0.15, 0.2) is 5.82 Å². The van der Waals surface area contributed by atoms with Gasteiger partial charge in [0.25, 0.3) is 5.91 Å². The lowest BCUT2D eigenvalue weighted by Gasteiger charge is -2.30. The Morgan fingerprint density at radius 1 is 1.22 bits per heavy atom. The molecule has 0 bridgehead atoms. The van der Waals surface area contributed by atoms with Gasteiger partial charge in [-0.25, -0.2) is 0 Å². The highest BCUT2D eigenvalue weighted by Gasteiger charge is 2.28. The number of carbonyl (C=O) groups excluding carboxylic acids is 1. The predicted octanol–water partition coefficient (Wildman–Crippen LogP) is 2.89. The molecule has 5 nitrogen and oxygen atoms in total. The summed E-state index contributed by atoms with van der Waals surface area (Å²) in [7, 11) is 0. The summed E-state index contributed by atoms with van der Waals surface area (Å²) in [5, 5.41) is 3.86. The molecule has 2 aliphatic rings. The molecule has 0 spiro atoms. The highest BCUT2D eigenvalue weighted by atomic mass is 16.5. The van der Waals surface area contributed by atoms with Gasteiger partial charge in [-0.1, -0.05) is 11.2 Å². The van der Waals surface area contributed by atoms with E-state index >= 15 is 0 Å². The fourth-order valence-electron chi connectivity index (χ4n) is 3.70. The monoisotopic (exact) mass is 311 g/mol. The van der Waals surface area contributed by atoms with Gasteiger partial charge in [0.1, 0.15) is 0 Å². The molecule has 0 N–H and O–H groups in total. The average molecular weight is 311 g/mol. The van der Waals surface area contributed by atoms with Crippen LogP contribution in [0.3, 0.4) is 0 Å². The van der Waals surface area contributed by atoms with E-state index in [4.69, 9.17) is 4.52 Å². The van der Waals surface area contributed by atoms with E-state index in [2.05, 4.69) is 22.3 Å². The highest BCUT2D eigenvalue weighted by molar-refractivity contribution is 5.94. The van der Waals surface area contributed by atoms with Gasteiger partial charge in [-0.3, -0.25) is 4.79 Å². The van der Waals surface area contributed by atoms with Crippen molar-refractivity contribution < 1.29 is 9.32 Å². The number of hydrogen-bond acceptors (Lipinski definition) is 4. The van der Waals surface area contributed by atoms with Crippen LogP contribution >= 0.6 is 0 Å². The van der Waals surface area contributed by atoms with Crippen LogP contribution in [0.15, 0.2) is 22.7 Å². The fourth-order valence-corrected chi connectivity index (χ4v) is 3.70. The van der Waals surface area contributed by atoms with E-state index < -0.39 is 0 Å². The van der Waals surface area contributed by atoms with E-state index in [0.717, 1.165) is 44.3 Å². The van der Waals surface area contributed by atoms with Crippen LogP contribution < -0.4 is 0 Å². The van der Waals surface area contributed by atoms with Crippen LogP contribution in [0.5, 0.6) is 0 Å². The lowest BCUT2D eigenvalue weighted by Crippen LogP contribution is -2.38. The SMILES string of the molecule is Cc1noc(C2CCN(C(=O)c3ccc4c(c3)CCC4)CC2)n1. The minimum Gasteiger partial charge on any atom is -0.339 e. The van der Waals surface area contributed by atoms with E-state index in [-0.39, 0.29) is 11.8 Å². The normalized spacial score (nSPS) is 18.2. The Labute approximate surface area is 135 Å². The molecule has 0 atom stereocenters. The first kappa shape index (κ1) is 14.4. The first-order valence-electron chi connectivity index (χ1n) is 8.42. The zero-order valence-electron chi connectivity index (χ0n) is 13.4. The third-order valence-corrected chi connectivity index (χ3v) is 5.02. The molecule has 0 radical (unpaired) electrons. The smallest absolute Gasteiger partial charge is 0.253 e. The topological polar surface area (TPSA) is 59.2 Å². The van der Waals surface area contributed by atoms with Crippen molar-refractivity contribution in [3.05, 3.63) is 46.6 Å². The second kappa shape index (κ2) is 5.80. The van der Waals surface area contributed by atoms with E-state index in [1.807, 2.05) is 17.9 Å². The van der Waals surface area contributed by atoms with Crippen molar-refractivity contribution in [2.24, 2.45) is 0 Å². The molecule has 1 fully saturated rings. The Morgan fingerprint density at radius 2 is 2.00 bits per heavy atom. The van der Waals surface area contributed by atoms with Gasteiger partial charge in [-0.15, -0.1) is 0 Å². The molecule has 4 rings (SSSR count). The molecule has 5 heteroatoms. The summed E-state index contributed by atoms with van der Waals surface area (Å²) < 4.78 is 5.27. The van der Waals surface area contributed by atoms with E-state index in [9.17, 15) is 4.79 Å². The molecule has 2 aromatic rings. The fraction of sp³-hybridized carbons (Fsp3) is 0.500. The van der Waals surface area contributed by atoms with Crippen LogP contribution in [0.2, 0.25) is 0 Å². The van der Waals surface area contributed by atoms with Crippen LogP contribution in [0.1, 0.15) is 58.4 Å². The molecule has 1 saturated heterocycles. The number of nitrogens with zero attached hydrogens (tertiary/aromatic N) is 3. The molecule has 1 aromatic carbocycles. The number of amides is 1. The molecule has 120 valence electrons. The van der Waals surface area contributed by atoms with Crippen LogP contribution in [-0.4, -0.2) is 34.0 Å². The Morgan fingerprint density at radius 3 is 2.74 bits per heavy atom. The number of piperidine rings is 1. The third kappa shape index (κ3) is 2.76. The number of rotatable bonds is 2. The summed E-state index contributed by atoms with van der Waals surface area (Å²) in [6.45, 7) is 3.34. The zero-order chi connectivity index (χ0) is 15.8. The Balaban J connectivity index is 1.43. The molecule has 1 amide bonds. The standard InChI is InChI=1S/C18H21N3O2/c1-12-19-17(23-20-12)14-7-9-21(10-8-14)18(22)16-6-5-13-3-2-4-15(13)11-16/h5-6,11,14H,2-4,7-10H2,1H3. The van der Waals surface area contributed by atoms with Crippen molar-refractivity contribution in [3.63, 3.8) is 0 Å². The molecule has 0 saturated carbocycles. The molecule has 2 heterocycles. The maximum absolute atomic E-state index is 12.7. The molecule has 0 unspecified atom stereocenters. The van der Waals surface area contributed by atoms with E-state index in [0.29, 0.717) is 11.7 Å². The van der Waals surface area contributed by atoms with Crippen molar-refractivity contribution in [1.29, 1.82) is 0 Å². The average Bonchev–Trinajstić information content (AvgIpc) is 3.22. The van der Waals surface area contributed by atoms with Crippen molar-refractivity contribution in [3.8, 4) is 0 Å². The maximum Gasteiger partial charge on any atom is 0.253 e. The first-order chi connectivity index (χ1) is 11.2. The van der Waals surface area contributed by atoms with Gasteiger partial charge >= 0.3 is 0 Å². The molecular formula is C18H21N3O2. The molecule has 1 aliphatic carbocycles. The largest absolute Gasteiger partial charge is 0.339 e. The number of aromatic nitrogens is 2. The minimum atomic E-state index is 0.153. The van der Waals surface area contributed by atoms with Crippen LogP contribution in [0.4, 0.5) is 0 Å². The first-order valence-corrected chi connectivity index (χ1v) is 8.42. The Bertz CT molecular complexity index is 730. The summed E-state index contributed by atoms with van der Waals surface area (Å²) in [6, 6.07) is 6.21. The van der Waals surface area contributed by atoms with Crippen molar-refractivity contribution in [2.75, 3.05) is 13.1 Å². The summed E-state index contributed by atoms with van der Waals surface area (Å²) in [5.74, 6) is 1.82. The van der Waals surface area contributed by atoms with E-state index in [1.54, 1.807) is 0 Å². The van der Waals surface area contributed by atoms with Gasteiger partial charge in [-0.2, -0.15) is 4.98 Å². The van der Waals surface area contributed by atoms with Crippen molar-refractivity contribution >= 4 is 5.91 Å². The Kier molecular flexibility index (Phi) is 3.63. The summed E-state index contributed by atoms with van der Waals surface area (Å²) >= 11 is 0. The number of benzene rings is 1. The predicted molar refractivity (Wildman–Crippen MR) is 85.4 cm³/mol. The number of aryl methyl sites for hydroxylation is 3. The summed E-state index contributed by atoms with van der Waals surface area (Å²) in [4.78, 5) is 19.0. The second-order valence-corrected chi connectivity index (χ2v) is 6.58. The second-order valence-electron chi connectivity index (χ2n) is 6.58. The number of carbonyl (C=O) groups is 1. The minimum absolute atomic E-state index is 0.153. The quantitative estimate of drug-likeness (QED) is 0.855. The van der Waals surface area contributed by atoms with Crippen LogP contribution in [0.25, 0.3) is 0 Å². The number of fused-ring (bicyclic) bond motifs is 1. The van der Waals surface area contributed by atoms with Gasteiger partial charge < -0.3 is 9.42 Å². The Hall–Kier alpha value is -2.17. The number of likely N-dealkylation sites (tertiary alicyclic amines) is 1. The highest BCUT2D eigenvalue weighted by Crippen LogP contribution is 2.28. The summed E-state index contributed by atoms with van der Waals surface area (Å²) in [5.41, 5.74) is 3.59. The lowest BCUT2D eigenvalue weighted by molar-refractivity contribution is 0.0704. The van der Waals surface area contributed by atoms with E-state index in [1.165, 1.54) is 17.5 Å². The maximum atomic E-state index is 12.7.